The zero-order valence-corrected chi connectivity index (χ0v) is 10.1. The molecule has 0 aliphatic heterocycles. The van der Waals surface area contributed by atoms with Crippen molar-refractivity contribution in [1.29, 1.82) is 0 Å². The van der Waals surface area contributed by atoms with Crippen LogP contribution in [-0.2, 0) is 10.0 Å². The average Bonchev–Trinajstić information content (AvgIpc) is 2.84. The van der Waals surface area contributed by atoms with Gasteiger partial charge in [-0.25, -0.2) is 8.42 Å². The van der Waals surface area contributed by atoms with Gasteiger partial charge >= 0.3 is 0 Å². The van der Waals surface area contributed by atoms with E-state index in [1.807, 2.05) is 0 Å². The van der Waals surface area contributed by atoms with Gasteiger partial charge in [0.2, 0.25) is 0 Å². The molecule has 0 unspecified atom stereocenters. The fourth-order valence-electron chi connectivity index (χ4n) is 1.39. The van der Waals surface area contributed by atoms with Gasteiger partial charge in [0.25, 0.3) is 10.0 Å². The maximum Gasteiger partial charge on any atom is 0.263 e. The Bertz CT molecular complexity index is 574. The van der Waals surface area contributed by atoms with Gasteiger partial charge in [0.1, 0.15) is 4.90 Å². The molecule has 2 aromatic rings. The van der Waals surface area contributed by atoms with Crippen LogP contribution in [0, 0.1) is 0 Å². The summed E-state index contributed by atoms with van der Waals surface area (Å²) in [5.41, 5.74) is 1.46. The van der Waals surface area contributed by atoms with Crippen molar-refractivity contribution < 1.29 is 8.42 Å². The lowest BCUT2D eigenvalue weighted by atomic mass is 10.3. The van der Waals surface area contributed by atoms with Gasteiger partial charge in [0.15, 0.2) is 0 Å². The molecule has 6 heteroatoms. The summed E-state index contributed by atoms with van der Waals surface area (Å²) < 4.78 is 26.2. The highest BCUT2D eigenvalue weighted by Crippen LogP contribution is 2.17. The molecule has 1 aromatic carbocycles. The maximum atomic E-state index is 11.9. The van der Waals surface area contributed by atoms with E-state index in [0.717, 1.165) is 5.69 Å². The van der Waals surface area contributed by atoms with Crippen LogP contribution in [0.25, 0.3) is 0 Å². The molecule has 1 heterocycles. The highest BCUT2D eigenvalue weighted by molar-refractivity contribution is 7.92. The van der Waals surface area contributed by atoms with Crippen LogP contribution in [0.2, 0.25) is 0 Å². The number of H-pyrrole nitrogens is 1. The van der Waals surface area contributed by atoms with Crippen LogP contribution in [-0.4, -0.2) is 20.4 Å². The molecule has 0 fully saturated rings. The van der Waals surface area contributed by atoms with Crippen LogP contribution >= 0.6 is 0 Å². The molecule has 0 spiro atoms. The molecule has 0 aliphatic rings. The second-order valence-corrected chi connectivity index (χ2v) is 5.16. The standard InChI is InChI=1S/C11H13N3O2S/c1-12-9-2-4-10(5-3-9)14-17(15,16)11-6-7-13-8-11/h2-8,12-14H,1H3. The quantitative estimate of drug-likeness (QED) is 0.776. The second-order valence-electron chi connectivity index (χ2n) is 3.48. The van der Waals surface area contributed by atoms with Crippen LogP contribution in [0.3, 0.4) is 0 Å². The molecular weight excluding hydrogens is 238 g/mol. The van der Waals surface area contributed by atoms with Crippen molar-refractivity contribution in [1.82, 2.24) is 4.98 Å². The molecular formula is C11H13N3O2S. The third-order valence-electron chi connectivity index (χ3n) is 2.31. The van der Waals surface area contributed by atoms with Crippen molar-refractivity contribution in [3.8, 4) is 0 Å². The van der Waals surface area contributed by atoms with Gasteiger partial charge in [-0.15, -0.1) is 0 Å². The normalized spacial score (nSPS) is 11.1. The Kier molecular flexibility index (Phi) is 3.06. The number of hydrogen-bond acceptors (Lipinski definition) is 3. The first kappa shape index (κ1) is 11.5. The van der Waals surface area contributed by atoms with Gasteiger partial charge in [-0.2, -0.15) is 0 Å². The Hall–Kier alpha value is -1.95. The molecule has 3 N–H and O–H groups in total. The van der Waals surface area contributed by atoms with Crippen LogP contribution in [0.15, 0.2) is 47.6 Å². The number of aromatic nitrogens is 1. The topological polar surface area (TPSA) is 74.0 Å². The predicted octanol–water partition coefficient (Wildman–Crippen LogP) is 1.86. The van der Waals surface area contributed by atoms with Gasteiger partial charge in [-0.3, -0.25) is 4.72 Å². The lowest BCUT2D eigenvalue weighted by Gasteiger charge is -2.07. The number of sulfonamides is 1. The van der Waals surface area contributed by atoms with Crippen molar-refractivity contribution in [3.63, 3.8) is 0 Å². The van der Waals surface area contributed by atoms with E-state index in [4.69, 9.17) is 0 Å². The molecule has 1 aromatic heterocycles. The minimum atomic E-state index is -3.49. The minimum Gasteiger partial charge on any atom is -0.388 e. The summed E-state index contributed by atoms with van der Waals surface area (Å²) in [5.74, 6) is 0. The van der Waals surface area contributed by atoms with Crippen LogP contribution in [0.4, 0.5) is 11.4 Å². The summed E-state index contributed by atoms with van der Waals surface area (Å²) in [6.07, 6.45) is 3.00. The van der Waals surface area contributed by atoms with E-state index in [9.17, 15) is 8.42 Å². The molecule has 0 saturated carbocycles. The molecule has 0 bridgehead atoms. The summed E-state index contributed by atoms with van der Waals surface area (Å²) in [4.78, 5) is 2.93. The van der Waals surface area contributed by atoms with E-state index in [1.165, 1.54) is 12.3 Å². The van der Waals surface area contributed by atoms with Gasteiger partial charge in [0, 0.05) is 30.8 Å². The van der Waals surface area contributed by atoms with Crippen LogP contribution < -0.4 is 10.0 Å². The van der Waals surface area contributed by atoms with Gasteiger partial charge < -0.3 is 10.3 Å². The van der Waals surface area contributed by atoms with E-state index >= 15 is 0 Å². The van der Waals surface area contributed by atoms with Crippen molar-refractivity contribution in [2.45, 2.75) is 4.90 Å². The molecule has 0 radical (unpaired) electrons. The summed E-state index contributed by atoms with van der Waals surface area (Å²) in [5, 5.41) is 2.96. The van der Waals surface area contributed by atoms with E-state index in [-0.39, 0.29) is 4.90 Å². The third kappa shape index (κ3) is 2.59. The fraction of sp³-hybridized carbons (Fsp3) is 0.0909. The Morgan fingerprint density at radius 2 is 1.71 bits per heavy atom. The summed E-state index contributed by atoms with van der Waals surface area (Å²) in [6, 6.07) is 8.51. The number of rotatable bonds is 4. The van der Waals surface area contributed by atoms with Crippen LogP contribution in [0.1, 0.15) is 0 Å². The summed E-state index contributed by atoms with van der Waals surface area (Å²) in [7, 11) is -1.69. The van der Waals surface area contributed by atoms with Crippen molar-refractivity contribution >= 4 is 21.4 Å². The van der Waals surface area contributed by atoms with E-state index in [2.05, 4.69) is 15.0 Å². The predicted molar refractivity (Wildman–Crippen MR) is 67.6 cm³/mol. The Morgan fingerprint density at radius 3 is 2.24 bits per heavy atom. The third-order valence-corrected chi connectivity index (χ3v) is 3.68. The lowest BCUT2D eigenvalue weighted by molar-refractivity contribution is 0.601. The average molecular weight is 251 g/mol. The van der Waals surface area contributed by atoms with E-state index < -0.39 is 10.0 Å². The monoisotopic (exact) mass is 251 g/mol. The maximum absolute atomic E-state index is 11.9. The molecule has 0 amide bonds. The Balaban J connectivity index is 2.21. The first-order valence-corrected chi connectivity index (χ1v) is 6.53. The number of anilines is 2. The number of benzene rings is 1. The summed E-state index contributed by atoms with van der Waals surface area (Å²) in [6.45, 7) is 0. The first-order valence-electron chi connectivity index (χ1n) is 5.05. The van der Waals surface area contributed by atoms with Gasteiger partial charge in [-0.1, -0.05) is 0 Å². The Morgan fingerprint density at radius 1 is 1.06 bits per heavy atom. The zero-order valence-electron chi connectivity index (χ0n) is 9.27. The smallest absolute Gasteiger partial charge is 0.263 e. The molecule has 2 rings (SSSR count). The van der Waals surface area contributed by atoms with E-state index in [0.29, 0.717) is 5.69 Å². The summed E-state index contributed by atoms with van der Waals surface area (Å²) >= 11 is 0. The number of hydrogen-bond donors (Lipinski definition) is 3. The highest BCUT2D eigenvalue weighted by Gasteiger charge is 2.13. The zero-order chi connectivity index (χ0) is 12.3. The molecule has 0 aliphatic carbocycles. The Labute approximate surface area is 99.9 Å². The second kappa shape index (κ2) is 4.50. The minimum absolute atomic E-state index is 0.218. The fourth-order valence-corrected chi connectivity index (χ4v) is 2.43. The van der Waals surface area contributed by atoms with Crippen molar-refractivity contribution in [2.75, 3.05) is 17.1 Å². The SMILES string of the molecule is CNc1ccc(NS(=O)(=O)c2cc[nH]c2)cc1. The lowest BCUT2D eigenvalue weighted by Crippen LogP contribution is -2.11. The van der Waals surface area contributed by atoms with Crippen molar-refractivity contribution in [3.05, 3.63) is 42.7 Å². The molecule has 0 atom stereocenters. The number of nitrogens with one attached hydrogen (secondary N) is 3. The first-order chi connectivity index (χ1) is 8.12. The number of aromatic amines is 1. The van der Waals surface area contributed by atoms with Gasteiger partial charge in [-0.05, 0) is 30.3 Å². The molecule has 0 saturated heterocycles. The molecule has 17 heavy (non-hydrogen) atoms. The van der Waals surface area contributed by atoms with Crippen molar-refractivity contribution in [2.24, 2.45) is 0 Å². The van der Waals surface area contributed by atoms with E-state index in [1.54, 1.807) is 37.5 Å². The molecule has 5 nitrogen and oxygen atoms in total. The highest BCUT2D eigenvalue weighted by atomic mass is 32.2. The largest absolute Gasteiger partial charge is 0.388 e. The van der Waals surface area contributed by atoms with Gasteiger partial charge in [0.05, 0.1) is 0 Å². The van der Waals surface area contributed by atoms with Crippen LogP contribution in [0.5, 0.6) is 0 Å². The molecule has 90 valence electrons.